The summed E-state index contributed by atoms with van der Waals surface area (Å²) in [6.45, 7) is 8.36. The van der Waals surface area contributed by atoms with E-state index < -0.39 is 0 Å². The molecule has 1 N–H and O–H groups in total. The number of hydrogen-bond donors (Lipinski definition) is 1. The average Bonchev–Trinajstić information content (AvgIpc) is 2.95. The van der Waals surface area contributed by atoms with Gasteiger partial charge in [-0.2, -0.15) is 5.10 Å². The van der Waals surface area contributed by atoms with Crippen molar-refractivity contribution in [2.24, 2.45) is 7.05 Å². The fraction of sp³-hybridized carbons (Fsp3) is 0.533. The van der Waals surface area contributed by atoms with Gasteiger partial charge in [0.2, 0.25) is 0 Å². The van der Waals surface area contributed by atoms with Crippen molar-refractivity contribution in [2.45, 2.75) is 40.3 Å². The summed E-state index contributed by atoms with van der Waals surface area (Å²) in [4.78, 5) is 0. The highest BCUT2D eigenvalue weighted by Crippen LogP contribution is 2.23. The molecule has 0 aliphatic heterocycles. The molecular formula is C15H23N3O2. The molecule has 0 saturated carbocycles. The van der Waals surface area contributed by atoms with E-state index in [1.807, 2.05) is 31.6 Å². The zero-order valence-corrected chi connectivity index (χ0v) is 12.7. The highest BCUT2D eigenvalue weighted by atomic mass is 16.5. The summed E-state index contributed by atoms with van der Waals surface area (Å²) in [7, 11) is 1.92. The van der Waals surface area contributed by atoms with Gasteiger partial charge in [0, 0.05) is 19.2 Å². The number of nitrogens with zero attached hydrogens (tertiary/aromatic N) is 2. The fourth-order valence-corrected chi connectivity index (χ4v) is 2.15. The molecule has 0 spiro atoms. The molecule has 0 amide bonds. The normalized spacial score (nSPS) is 11.0. The topological polar surface area (TPSA) is 52.2 Å². The van der Waals surface area contributed by atoms with Crippen LogP contribution in [0.2, 0.25) is 0 Å². The van der Waals surface area contributed by atoms with Gasteiger partial charge in [0.15, 0.2) is 5.75 Å². The Morgan fingerprint density at radius 2 is 2.20 bits per heavy atom. The molecule has 2 rings (SSSR count). The van der Waals surface area contributed by atoms with Gasteiger partial charge in [0.25, 0.3) is 0 Å². The molecule has 0 bridgehead atoms. The standard InChI is InChI=1S/C15H23N3O2/c1-5-7-16-9-13-6-8-19-14(13)10-20-15-11(2)17-18(4)12(15)3/h6,8,16H,5,7,9-10H2,1-4H3. The van der Waals surface area contributed by atoms with E-state index >= 15 is 0 Å². The van der Waals surface area contributed by atoms with Gasteiger partial charge in [0.05, 0.1) is 12.0 Å². The third-order valence-corrected chi connectivity index (χ3v) is 3.37. The third kappa shape index (κ3) is 3.22. The Bertz CT molecular complexity index is 557. The number of hydrogen-bond acceptors (Lipinski definition) is 4. The minimum Gasteiger partial charge on any atom is -0.482 e. The highest BCUT2D eigenvalue weighted by molar-refractivity contribution is 5.32. The Hall–Kier alpha value is -1.75. The molecule has 20 heavy (non-hydrogen) atoms. The second kappa shape index (κ2) is 6.61. The summed E-state index contributed by atoms with van der Waals surface area (Å²) in [5, 5.41) is 7.71. The van der Waals surface area contributed by atoms with E-state index in [2.05, 4.69) is 17.3 Å². The van der Waals surface area contributed by atoms with Crippen molar-refractivity contribution < 1.29 is 9.15 Å². The van der Waals surface area contributed by atoms with E-state index in [0.29, 0.717) is 6.61 Å². The Balaban J connectivity index is 1.99. The van der Waals surface area contributed by atoms with Gasteiger partial charge >= 0.3 is 0 Å². The van der Waals surface area contributed by atoms with Gasteiger partial charge in [0.1, 0.15) is 18.1 Å². The maximum atomic E-state index is 5.87. The van der Waals surface area contributed by atoms with E-state index in [-0.39, 0.29) is 0 Å². The second-order valence-electron chi connectivity index (χ2n) is 4.96. The SMILES string of the molecule is CCCNCc1ccoc1COc1c(C)nn(C)c1C. The van der Waals surface area contributed by atoms with Crippen molar-refractivity contribution in [3.63, 3.8) is 0 Å². The monoisotopic (exact) mass is 277 g/mol. The molecule has 0 aliphatic carbocycles. The second-order valence-corrected chi connectivity index (χ2v) is 4.96. The largest absolute Gasteiger partial charge is 0.482 e. The van der Waals surface area contributed by atoms with E-state index in [9.17, 15) is 0 Å². The molecule has 0 unspecified atom stereocenters. The van der Waals surface area contributed by atoms with Crippen LogP contribution in [-0.4, -0.2) is 16.3 Å². The van der Waals surface area contributed by atoms with Crippen molar-refractivity contribution >= 4 is 0 Å². The average molecular weight is 277 g/mol. The number of furan rings is 1. The number of aromatic nitrogens is 2. The summed E-state index contributed by atoms with van der Waals surface area (Å²) in [5.41, 5.74) is 3.08. The Kier molecular flexibility index (Phi) is 4.84. The number of aryl methyl sites for hydroxylation is 2. The highest BCUT2D eigenvalue weighted by Gasteiger charge is 2.13. The Labute approximate surface area is 119 Å². The minimum absolute atomic E-state index is 0.434. The molecule has 0 atom stereocenters. The van der Waals surface area contributed by atoms with Crippen molar-refractivity contribution in [3.05, 3.63) is 35.0 Å². The number of ether oxygens (including phenoxy) is 1. The van der Waals surface area contributed by atoms with Gasteiger partial charge < -0.3 is 14.5 Å². The van der Waals surface area contributed by atoms with Crippen LogP contribution in [0.15, 0.2) is 16.7 Å². The lowest BCUT2D eigenvalue weighted by molar-refractivity contribution is 0.264. The molecule has 0 radical (unpaired) electrons. The predicted molar refractivity (Wildman–Crippen MR) is 77.7 cm³/mol. The summed E-state index contributed by atoms with van der Waals surface area (Å²) < 4.78 is 13.2. The van der Waals surface area contributed by atoms with Crippen LogP contribution in [0.25, 0.3) is 0 Å². The van der Waals surface area contributed by atoms with E-state index in [1.165, 1.54) is 0 Å². The van der Waals surface area contributed by atoms with Gasteiger partial charge in [-0.05, 0) is 32.9 Å². The zero-order chi connectivity index (χ0) is 14.5. The van der Waals surface area contributed by atoms with E-state index in [1.54, 1.807) is 6.26 Å². The van der Waals surface area contributed by atoms with Crippen LogP contribution in [0.4, 0.5) is 0 Å². The first kappa shape index (κ1) is 14.7. The summed E-state index contributed by atoms with van der Waals surface area (Å²) in [5.74, 6) is 1.72. The zero-order valence-electron chi connectivity index (χ0n) is 12.7. The fourth-order valence-electron chi connectivity index (χ4n) is 2.15. The van der Waals surface area contributed by atoms with Crippen molar-refractivity contribution in [1.29, 1.82) is 0 Å². The molecule has 2 heterocycles. The molecule has 5 nitrogen and oxygen atoms in total. The number of rotatable bonds is 7. The lowest BCUT2D eigenvalue weighted by Crippen LogP contribution is -2.14. The van der Waals surface area contributed by atoms with Gasteiger partial charge in [-0.25, -0.2) is 0 Å². The van der Waals surface area contributed by atoms with Crippen LogP contribution in [0, 0.1) is 13.8 Å². The lowest BCUT2D eigenvalue weighted by Gasteiger charge is -2.07. The maximum absolute atomic E-state index is 5.87. The van der Waals surface area contributed by atoms with Gasteiger partial charge in [-0.15, -0.1) is 0 Å². The van der Waals surface area contributed by atoms with Crippen LogP contribution < -0.4 is 10.1 Å². The third-order valence-electron chi connectivity index (χ3n) is 3.37. The molecular weight excluding hydrogens is 254 g/mol. The summed E-state index contributed by atoms with van der Waals surface area (Å²) in [6, 6.07) is 1.99. The van der Waals surface area contributed by atoms with Crippen molar-refractivity contribution in [3.8, 4) is 5.75 Å². The summed E-state index contributed by atoms with van der Waals surface area (Å²) in [6.07, 6.45) is 2.84. The molecule has 0 fully saturated rings. The quantitative estimate of drug-likeness (QED) is 0.791. The Morgan fingerprint density at radius 3 is 2.85 bits per heavy atom. The first-order valence-corrected chi connectivity index (χ1v) is 7.02. The van der Waals surface area contributed by atoms with Crippen molar-refractivity contribution in [1.82, 2.24) is 15.1 Å². The van der Waals surface area contributed by atoms with Crippen LogP contribution in [-0.2, 0) is 20.2 Å². The molecule has 5 heteroatoms. The summed E-state index contributed by atoms with van der Waals surface area (Å²) >= 11 is 0. The van der Waals surface area contributed by atoms with Gasteiger partial charge in [-0.3, -0.25) is 4.68 Å². The molecule has 0 saturated heterocycles. The van der Waals surface area contributed by atoms with Crippen LogP contribution in [0.1, 0.15) is 36.1 Å². The van der Waals surface area contributed by atoms with Crippen LogP contribution >= 0.6 is 0 Å². The predicted octanol–water partition coefficient (Wildman–Crippen LogP) is 2.71. The molecule has 110 valence electrons. The maximum Gasteiger partial charge on any atom is 0.163 e. The van der Waals surface area contributed by atoms with Gasteiger partial charge in [-0.1, -0.05) is 6.92 Å². The van der Waals surface area contributed by atoms with Crippen LogP contribution in [0.3, 0.4) is 0 Å². The molecule has 0 aliphatic rings. The number of nitrogens with one attached hydrogen (secondary N) is 1. The molecule has 2 aromatic heterocycles. The smallest absolute Gasteiger partial charge is 0.163 e. The Morgan fingerprint density at radius 1 is 1.40 bits per heavy atom. The first-order chi connectivity index (χ1) is 9.63. The van der Waals surface area contributed by atoms with Crippen LogP contribution in [0.5, 0.6) is 5.75 Å². The first-order valence-electron chi connectivity index (χ1n) is 7.02. The minimum atomic E-state index is 0.434. The van der Waals surface area contributed by atoms with E-state index in [0.717, 1.165) is 48.0 Å². The molecule has 0 aromatic carbocycles. The lowest BCUT2D eigenvalue weighted by atomic mass is 10.2. The molecule has 2 aromatic rings. The van der Waals surface area contributed by atoms with Crippen molar-refractivity contribution in [2.75, 3.05) is 6.54 Å². The van der Waals surface area contributed by atoms with E-state index in [4.69, 9.17) is 9.15 Å².